The highest BCUT2D eigenvalue weighted by Crippen LogP contribution is 2.26. The molecule has 0 spiro atoms. The number of hydrogen-bond acceptors (Lipinski definition) is 4. The van der Waals surface area contributed by atoms with Crippen molar-refractivity contribution in [3.05, 3.63) is 18.2 Å². The van der Waals surface area contributed by atoms with Gasteiger partial charge in [-0.1, -0.05) is 0 Å². The van der Waals surface area contributed by atoms with Crippen molar-refractivity contribution in [3.8, 4) is 0 Å². The molecule has 0 bridgehead atoms. The molecule has 1 N–H and O–H groups in total. The van der Waals surface area contributed by atoms with Crippen LogP contribution in [0.15, 0.2) is 12.4 Å². The predicted octanol–water partition coefficient (Wildman–Crippen LogP) is 1.50. The number of carbonyl (C=O) groups is 2. The highest BCUT2D eigenvalue weighted by molar-refractivity contribution is 5.99. The molecular formula is C13H17FN4O3. The van der Waals surface area contributed by atoms with Gasteiger partial charge in [0.1, 0.15) is 6.04 Å². The van der Waals surface area contributed by atoms with E-state index in [1.54, 1.807) is 20.8 Å². The molecule has 114 valence electrons. The van der Waals surface area contributed by atoms with E-state index in [0.717, 1.165) is 17.3 Å². The molecule has 1 unspecified atom stereocenters. The van der Waals surface area contributed by atoms with Crippen LogP contribution in [0.5, 0.6) is 0 Å². The summed E-state index contributed by atoms with van der Waals surface area (Å²) >= 11 is 0. The number of anilines is 1. The Morgan fingerprint density at radius 2 is 2.00 bits per heavy atom. The Hall–Kier alpha value is -2.25. The molecule has 0 saturated carbocycles. The molecule has 0 aliphatic carbocycles. The van der Waals surface area contributed by atoms with Crippen molar-refractivity contribution in [1.82, 2.24) is 14.9 Å². The van der Waals surface area contributed by atoms with Crippen LogP contribution in [0.4, 0.5) is 15.1 Å². The molecule has 7 nitrogen and oxygen atoms in total. The van der Waals surface area contributed by atoms with Gasteiger partial charge in [-0.15, -0.1) is 0 Å². The van der Waals surface area contributed by atoms with Crippen LogP contribution >= 0.6 is 0 Å². The molecule has 1 aliphatic heterocycles. The number of nitrogens with zero attached hydrogens (tertiary/aromatic N) is 4. The first kappa shape index (κ1) is 15.1. The van der Waals surface area contributed by atoms with Gasteiger partial charge >= 0.3 is 6.09 Å². The molecule has 1 atom stereocenters. The Kier molecular flexibility index (Phi) is 3.80. The van der Waals surface area contributed by atoms with Crippen LogP contribution in [0, 0.1) is 5.82 Å². The highest BCUT2D eigenvalue weighted by Gasteiger charge is 2.44. The van der Waals surface area contributed by atoms with Crippen molar-refractivity contribution in [2.45, 2.75) is 38.8 Å². The fourth-order valence-electron chi connectivity index (χ4n) is 2.44. The minimum atomic E-state index is -1.15. The Labute approximate surface area is 121 Å². The smallest absolute Gasteiger partial charge is 0.408 e. The Morgan fingerprint density at radius 1 is 1.43 bits per heavy atom. The number of hydrogen-bond donors (Lipinski definition) is 1. The van der Waals surface area contributed by atoms with E-state index in [2.05, 4.69) is 9.97 Å². The van der Waals surface area contributed by atoms with Gasteiger partial charge in [0.05, 0.1) is 12.4 Å². The zero-order chi connectivity index (χ0) is 15.8. The van der Waals surface area contributed by atoms with Gasteiger partial charge in [0.2, 0.25) is 5.95 Å². The summed E-state index contributed by atoms with van der Waals surface area (Å²) in [5.41, 5.74) is -0.703. The quantitative estimate of drug-likeness (QED) is 0.893. The second-order valence-corrected chi connectivity index (χ2v) is 5.82. The van der Waals surface area contributed by atoms with Crippen LogP contribution in [-0.4, -0.2) is 50.1 Å². The van der Waals surface area contributed by atoms with E-state index in [9.17, 15) is 19.1 Å². The molecule has 2 amide bonds. The molecule has 8 heteroatoms. The van der Waals surface area contributed by atoms with Crippen molar-refractivity contribution >= 4 is 17.9 Å². The number of carbonyl (C=O) groups excluding carboxylic acids is 1. The van der Waals surface area contributed by atoms with Crippen LogP contribution < -0.4 is 4.90 Å². The molecule has 1 aromatic rings. The van der Waals surface area contributed by atoms with Crippen molar-refractivity contribution in [3.63, 3.8) is 0 Å². The predicted molar refractivity (Wildman–Crippen MR) is 72.4 cm³/mol. The molecule has 0 radical (unpaired) electrons. The highest BCUT2D eigenvalue weighted by atomic mass is 19.1. The minimum absolute atomic E-state index is 0.0862. The monoisotopic (exact) mass is 296 g/mol. The van der Waals surface area contributed by atoms with Gasteiger partial charge in [0, 0.05) is 12.1 Å². The molecule has 1 aromatic heterocycles. The third-order valence-electron chi connectivity index (χ3n) is 3.27. The van der Waals surface area contributed by atoms with Gasteiger partial charge in [-0.05, 0) is 27.2 Å². The summed E-state index contributed by atoms with van der Waals surface area (Å²) in [5.74, 6) is -0.897. The lowest BCUT2D eigenvalue weighted by molar-refractivity contribution is -0.122. The number of amides is 2. The van der Waals surface area contributed by atoms with Crippen LogP contribution in [0.1, 0.15) is 27.2 Å². The van der Waals surface area contributed by atoms with Gasteiger partial charge in [0.15, 0.2) is 5.82 Å². The fraction of sp³-hybridized carbons (Fsp3) is 0.538. The van der Waals surface area contributed by atoms with Crippen molar-refractivity contribution < 1.29 is 19.1 Å². The molecule has 2 rings (SSSR count). The van der Waals surface area contributed by atoms with Gasteiger partial charge in [-0.2, -0.15) is 0 Å². The van der Waals surface area contributed by atoms with E-state index in [4.69, 9.17) is 0 Å². The first-order valence-corrected chi connectivity index (χ1v) is 6.53. The molecule has 21 heavy (non-hydrogen) atoms. The molecule has 1 fully saturated rings. The van der Waals surface area contributed by atoms with E-state index in [0.29, 0.717) is 13.0 Å². The third kappa shape index (κ3) is 2.93. The third-order valence-corrected chi connectivity index (χ3v) is 3.27. The Morgan fingerprint density at radius 3 is 2.48 bits per heavy atom. The zero-order valence-electron chi connectivity index (χ0n) is 12.1. The fourth-order valence-corrected chi connectivity index (χ4v) is 2.44. The van der Waals surface area contributed by atoms with Gasteiger partial charge in [0.25, 0.3) is 5.91 Å². The largest absolute Gasteiger partial charge is 0.465 e. The van der Waals surface area contributed by atoms with E-state index >= 15 is 0 Å². The number of carboxylic acid groups (broad SMARTS) is 1. The number of rotatable bonds is 2. The maximum absolute atomic E-state index is 12.8. The summed E-state index contributed by atoms with van der Waals surface area (Å²) in [6, 6.07) is -0.781. The lowest BCUT2D eigenvalue weighted by atomic mass is 10.0. The average molecular weight is 296 g/mol. The second kappa shape index (κ2) is 5.27. The molecule has 0 aromatic carbocycles. The van der Waals surface area contributed by atoms with Crippen molar-refractivity contribution in [1.29, 1.82) is 0 Å². The summed E-state index contributed by atoms with van der Waals surface area (Å²) in [5, 5.41) is 9.35. The second-order valence-electron chi connectivity index (χ2n) is 5.82. The van der Waals surface area contributed by atoms with Crippen LogP contribution in [0.25, 0.3) is 0 Å². The lowest BCUT2D eigenvalue weighted by Gasteiger charge is -2.36. The average Bonchev–Trinajstić information content (AvgIpc) is 2.71. The summed E-state index contributed by atoms with van der Waals surface area (Å²) in [6.45, 7) is 5.48. The first-order chi connectivity index (χ1) is 9.71. The standard InChI is InChI=1S/C13H17FN4O3/c1-13(2,3)18(12(20)21)9-4-5-17(10(9)19)11-15-6-8(14)7-16-11/h6-7,9H,4-5H2,1-3H3,(H,20,21). The molecule has 1 saturated heterocycles. The van der Waals surface area contributed by atoms with Crippen LogP contribution in [0.3, 0.4) is 0 Å². The van der Waals surface area contributed by atoms with Crippen LogP contribution in [0.2, 0.25) is 0 Å². The maximum Gasteiger partial charge on any atom is 0.408 e. The minimum Gasteiger partial charge on any atom is -0.465 e. The maximum atomic E-state index is 12.8. The normalized spacial score (nSPS) is 19.0. The van der Waals surface area contributed by atoms with E-state index < -0.39 is 23.5 Å². The Bertz CT molecular complexity index is 556. The summed E-state index contributed by atoms with van der Waals surface area (Å²) in [6.07, 6.45) is 1.15. The molecular weight excluding hydrogens is 279 g/mol. The van der Waals surface area contributed by atoms with E-state index in [-0.39, 0.29) is 11.9 Å². The van der Waals surface area contributed by atoms with E-state index in [1.807, 2.05) is 0 Å². The summed E-state index contributed by atoms with van der Waals surface area (Å²) in [4.78, 5) is 33.8. The number of aromatic nitrogens is 2. The topological polar surface area (TPSA) is 86.6 Å². The summed E-state index contributed by atoms with van der Waals surface area (Å²) < 4.78 is 12.8. The van der Waals surface area contributed by atoms with E-state index in [1.165, 1.54) is 4.90 Å². The lowest BCUT2D eigenvalue weighted by Crippen LogP contribution is -2.54. The Balaban J connectivity index is 2.25. The van der Waals surface area contributed by atoms with Gasteiger partial charge < -0.3 is 5.11 Å². The van der Waals surface area contributed by atoms with Gasteiger partial charge in [-0.25, -0.2) is 19.2 Å². The van der Waals surface area contributed by atoms with Gasteiger partial charge in [-0.3, -0.25) is 14.6 Å². The SMILES string of the molecule is CC(C)(C)N(C(=O)O)C1CCN(c2ncc(F)cn2)C1=O. The zero-order valence-corrected chi connectivity index (χ0v) is 12.1. The molecule has 2 heterocycles. The van der Waals surface area contributed by atoms with Crippen molar-refractivity contribution in [2.75, 3.05) is 11.4 Å². The number of halogens is 1. The molecule has 1 aliphatic rings. The summed E-state index contributed by atoms with van der Waals surface area (Å²) in [7, 11) is 0. The van der Waals surface area contributed by atoms with Crippen LogP contribution in [-0.2, 0) is 4.79 Å². The first-order valence-electron chi connectivity index (χ1n) is 6.53. The van der Waals surface area contributed by atoms with Crippen molar-refractivity contribution in [2.24, 2.45) is 0 Å².